The second-order valence-electron chi connectivity index (χ2n) is 8.56. The number of carbonyl (C=O) groups excluding carboxylic acids is 2. The normalized spacial score (nSPS) is 17.0. The Morgan fingerprint density at radius 2 is 2.00 bits per heavy atom. The van der Waals surface area contributed by atoms with Crippen LogP contribution in [0, 0.1) is 11.6 Å². The Kier molecular flexibility index (Phi) is 7.97. The van der Waals surface area contributed by atoms with Crippen molar-refractivity contribution in [2.24, 2.45) is 0 Å². The zero-order valence-electron chi connectivity index (χ0n) is 20.2. The fraction of sp³-hybridized carbons (Fsp3) is 0.360. The lowest BCUT2D eigenvalue weighted by Gasteiger charge is -2.13. The Balaban J connectivity index is 1.43. The van der Waals surface area contributed by atoms with Gasteiger partial charge in [0.05, 0.1) is 38.0 Å². The number of rotatable bonds is 9. The smallest absolute Gasteiger partial charge is 0.287 e. The second-order valence-corrected chi connectivity index (χ2v) is 8.56. The highest BCUT2D eigenvalue weighted by molar-refractivity contribution is 5.93. The van der Waals surface area contributed by atoms with Gasteiger partial charge in [-0.2, -0.15) is 0 Å². The number of nitrogens with zero attached hydrogens (tertiary/aromatic N) is 1. The standard InChI is InChI=1S/C25H26F2N4O6/c1-13(32)29-15-10-16(37-12-15)7-8-36-22-18(27)5-6-19-21(22)24(33)31-23(30-19)25(34)28-11-14-3-4-17(26)20(9-14)35-2/h3-6,9,15-16H,7-8,10-12H2,1-2H3,(H,28,34)(H,29,32)(H,30,31,33). The Morgan fingerprint density at radius 1 is 1.22 bits per heavy atom. The molecule has 0 aliphatic carbocycles. The third-order valence-corrected chi connectivity index (χ3v) is 5.84. The topological polar surface area (TPSA) is 132 Å². The van der Waals surface area contributed by atoms with Crippen molar-refractivity contribution in [2.75, 3.05) is 20.3 Å². The average molecular weight is 517 g/mol. The maximum Gasteiger partial charge on any atom is 0.287 e. The number of hydrogen-bond donors (Lipinski definition) is 3. The first-order valence-electron chi connectivity index (χ1n) is 11.6. The zero-order valence-corrected chi connectivity index (χ0v) is 20.2. The van der Waals surface area contributed by atoms with Crippen molar-refractivity contribution < 1.29 is 32.6 Å². The fourth-order valence-electron chi connectivity index (χ4n) is 4.09. The van der Waals surface area contributed by atoms with E-state index in [1.165, 1.54) is 38.3 Å². The Bertz CT molecular complexity index is 1380. The molecule has 196 valence electrons. The largest absolute Gasteiger partial charge is 0.494 e. The lowest BCUT2D eigenvalue weighted by atomic mass is 10.1. The van der Waals surface area contributed by atoms with Gasteiger partial charge in [0.2, 0.25) is 5.91 Å². The molecule has 3 aromatic rings. The molecule has 4 rings (SSSR count). The van der Waals surface area contributed by atoms with Gasteiger partial charge in [0, 0.05) is 19.9 Å². The number of aromatic amines is 1. The van der Waals surface area contributed by atoms with E-state index in [2.05, 4.69) is 20.6 Å². The molecule has 3 N–H and O–H groups in total. The van der Waals surface area contributed by atoms with Crippen LogP contribution in [0.2, 0.25) is 0 Å². The van der Waals surface area contributed by atoms with Crippen molar-refractivity contribution in [2.45, 2.75) is 38.5 Å². The first kappa shape index (κ1) is 26.0. The Morgan fingerprint density at radius 3 is 2.76 bits per heavy atom. The van der Waals surface area contributed by atoms with Crippen LogP contribution in [0.25, 0.3) is 10.9 Å². The summed E-state index contributed by atoms with van der Waals surface area (Å²) in [5.74, 6) is -2.61. The molecule has 2 amide bonds. The van der Waals surface area contributed by atoms with Gasteiger partial charge >= 0.3 is 0 Å². The van der Waals surface area contributed by atoms with Crippen molar-refractivity contribution in [3.63, 3.8) is 0 Å². The predicted octanol–water partition coefficient (Wildman–Crippen LogP) is 2.20. The van der Waals surface area contributed by atoms with Crippen LogP contribution < -0.4 is 25.7 Å². The summed E-state index contributed by atoms with van der Waals surface area (Å²) in [5.41, 5.74) is -0.0883. The zero-order chi connectivity index (χ0) is 26.5. The molecule has 2 aromatic carbocycles. The summed E-state index contributed by atoms with van der Waals surface area (Å²) in [6.07, 6.45) is 0.848. The maximum atomic E-state index is 14.6. The molecule has 1 fully saturated rings. The maximum absolute atomic E-state index is 14.6. The van der Waals surface area contributed by atoms with E-state index < -0.39 is 23.1 Å². The van der Waals surface area contributed by atoms with E-state index in [4.69, 9.17) is 14.2 Å². The van der Waals surface area contributed by atoms with E-state index in [0.29, 0.717) is 25.0 Å². The minimum Gasteiger partial charge on any atom is -0.494 e. The molecule has 1 aliphatic heterocycles. The number of amides is 2. The summed E-state index contributed by atoms with van der Waals surface area (Å²) in [4.78, 5) is 43.1. The third kappa shape index (κ3) is 6.20. The number of benzene rings is 2. The Labute approximate surface area is 210 Å². The van der Waals surface area contributed by atoms with Gasteiger partial charge < -0.3 is 29.8 Å². The number of methoxy groups -OCH3 is 1. The van der Waals surface area contributed by atoms with Crippen LogP contribution in [0.4, 0.5) is 8.78 Å². The van der Waals surface area contributed by atoms with Crippen LogP contribution in [0.1, 0.15) is 35.9 Å². The highest BCUT2D eigenvalue weighted by atomic mass is 19.1. The van der Waals surface area contributed by atoms with Gasteiger partial charge in [0.15, 0.2) is 29.0 Å². The fourth-order valence-corrected chi connectivity index (χ4v) is 4.09. The van der Waals surface area contributed by atoms with Gasteiger partial charge in [-0.05, 0) is 36.2 Å². The number of ether oxygens (including phenoxy) is 3. The van der Waals surface area contributed by atoms with Crippen LogP contribution in [-0.4, -0.2) is 54.3 Å². The van der Waals surface area contributed by atoms with Crippen LogP contribution in [-0.2, 0) is 16.1 Å². The molecular weight excluding hydrogens is 490 g/mol. The summed E-state index contributed by atoms with van der Waals surface area (Å²) < 4.78 is 44.3. The lowest BCUT2D eigenvalue weighted by Crippen LogP contribution is -2.33. The first-order valence-corrected chi connectivity index (χ1v) is 11.6. The van der Waals surface area contributed by atoms with Gasteiger partial charge in [0.25, 0.3) is 11.5 Å². The van der Waals surface area contributed by atoms with Crippen LogP contribution in [0.3, 0.4) is 0 Å². The van der Waals surface area contributed by atoms with Crippen LogP contribution >= 0.6 is 0 Å². The second kappa shape index (κ2) is 11.3. The summed E-state index contributed by atoms with van der Waals surface area (Å²) in [6, 6.07) is 6.44. The van der Waals surface area contributed by atoms with E-state index in [1.54, 1.807) is 0 Å². The molecule has 37 heavy (non-hydrogen) atoms. The van der Waals surface area contributed by atoms with E-state index in [1.807, 2.05) is 0 Å². The molecule has 0 spiro atoms. The summed E-state index contributed by atoms with van der Waals surface area (Å²) >= 11 is 0. The number of H-pyrrole nitrogens is 1. The molecule has 0 saturated carbocycles. The van der Waals surface area contributed by atoms with E-state index in [9.17, 15) is 23.2 Å². The molecule has 2 unspecified atom stereocenters. The molecule has 0 bridgehead atoms. The van der Waals surface area contributed by atoms with Gasteiger partial charge in [-0.15, -0.1) is 0 Å². The minimum atomic E-state index is -0.745. The highest BCUT2D eigenvalue weighted by Gasteiger charge is 2.26. The minimum absolute atomic E-state index is 0.0288. The number of hydrogen-bond acceptors (Lipinski definition) is 7. The molecule has 1 aliphatic rings. The van der Waals surface area contributed by atoms with Crippen molar-refractivity contribution in [1.82, 2.24) is 20.6 Å². The summed E-state index contributed by atoms with van der Waals surface area (Å²) in [5, 5.41) is 5.26. The predicted molar refractivity (Wildman–Crippen MR) is 129 cm³/mol. The molecule has 10 nitrogen and oxygen atoms in total. The molecule has 12 heteroatoms. The first-order chi connectivity index (χ1) is 17.7. The van der Waals surface area contributed by atoms with E-state index in [-0.39, 0.29) is 59.4 Å². The number of aromatic nitrogens is 2. The third-order valence-electron chi connectivity index (χ3n) is 5.84. The molecule has 0 radical (unpaired) electrons. The quantitative estimate of drug-likeness (QED) is 0.397. The molecule has 1 saturated heterocycles. The van der Waals surface area contributed by atoms with Gasteiger partial charge in [-0.1, -0.05) is 6.07 Å². The van der Waals surface area contributed by atoms with Gasteiger partial charge in [-0.3, -0.25) is 14.4 Å². The molecular formula is C25H26F2N4O6. The summed E-state index contributed by atoms with van der Waals surface area (Å²) in [6.45, 7) is 1.91. The van der Waals surface area contributed by atoms with Crippen molar-refractivity contribution in [3.05, 3.63) is 63.7 Å². The molecule has 2 heterocycles. The van der Waals surface area contributed by atoms with Crippen molar-refractivity contribution >= 4 is 22.7 Å². The SMILES string of the molecule is COc1cc(CNC(=O)c2nc3ccc(F)c(OCCC4CC(NC(C)=O)CO4)c3c(=O)[nH]2)ccc1F. The van der Waals surface area contributed by atoms with Crippen molar-refractivity contribution in [3.8, 4) is 11.5 Å². The lowest BCUT2D eigenvalue weighted by molar-refractivity contribution is -0.119. The van der Waals surface area contributed by atoms with Gasteiger partial charge in [0.1, 0.15) is 5.39 Å². The van der Waals surface area contributed by atoms with E-state index >= 15 is 0 Å². The van der Waals surface area contributed by atoms with E-state index in [0.717, 1.165) is 6.07 Å². The number of halogens is 2. The Hall–Kier alpha value is -4.06. The monoisotopic (exact) mass is 516 g/mol. The number of fused-ring (bicyclic) bond motifs is 1. The average Bonchev–Trinajstić information content (AvgIpc) is 3.30. The van der Waals surface area contributed by atoms with Gasteiger partial charge in [-0.25, -0.2) is 13.8 Å². The number of nitrogens with one attached hydrogen (secondary N) is 3. The summed E-state index contributed by atoms with van der Waals surface area (Å²) in [7, 11) is 1.33. The van der Waals surface area contributed by atoms with Crippen molar-refractivity contribution in [1.29, 1.82) is 0 Å². The van der Waals surface area contributed by atoms with Crippen LogP contribution in [0.5, 0.6) is 11.5 Å². The van der Waals surface area contributed by atoms with Crippen LogP contribution in [0.15, 0.2) is 35.1 Å². The number of carbonyl (C=O) groups is 2. The molecule has 2 atom stereocenters. The highest BCUT2D eigenvalue weighted by Crippen LogP contribution is 2.26. The molecule has 1 aromatic heterocycles.